The predicted molar refractivity (Wildman–Crippen MR) is 121 cm³/mol. The molecule has 172 valence electrons. The van der Waals surface area contributed by atoms with E-state index in [1.54, 1.807) is 0 Å². The number of nitrogens with one attached hydrogen (secondary N) is 1. The number of carbonyl (C=O) groups is 1. The molecular formula is C25H32N2O5. The Morgan fingerprint density at radius 3 is 2.59 bits per heavy atom. The average Bonchev–Trinajstić information content (AvgIpc) is 3.19. The number of anilines is 1. The van der Waals surface area contributed by atoms with Crippen molar-refractivity contribution in [3.8, 4) is 0 Å². The summed E-state index contributed by atoms with van der Waals surface area (Å²) in [6.07, 6.45) is -0.363. The lowest BCUT2D eigenvalue weighted by Gasteiger charge is -2.42. The fourth-order valence-corrected chi connectivity index (χ4v) is 4.53. The zero-order valence-corrected chi connectivity index (χ0v) is 18.6. The summed E-state index contributed by atoms with van der Waals surface area (Å²) in [6.45, 7) is 5.84. The molecule has 0 saturated carbocycles. The number of hydrogen-bond acceptors (Lipinski definition) is 6. The zero-order chi connectivity index (χ0) is 22.7. The molecule has 7 heteroatoms. The average molecular weight is 441 g/mol. The highest BCUT2D eigenvalue weighted by Crippen LogP contribution is 2.42. The van der Waals surface area contributed by atoms with E-state index in [0.717, 1.165) is 29.7 Å². The monoisotopic (exact) mass is 440 g/mol. The number of carbonyl (C=O) groups excluding carboxylic acids is 1. The highest BCUT2D eigenvalue weighted by Gasteiger charge is 2.39. The van der Waals surface area contributed by atoms with E-state index in [2.05, 4.69) is 17.1 Å². The molecule has 2 aliphatic heterocycles. The normalized spacial score (nSPS) is 28.6. The molecule has 2 saturated heterocycles. The third kappa shape index (κ3) is 5.36. The molecule has 5 atom stereocenters. The Bertz CT molecular complexity index is 919. The lowest BCUT2D eigenvalue weighted by atomic mass is 9.90. The molecule has 0 aliphatic carbocycles. The molecular weight excluding hydrogens is 408 g/mol. The number of benzene rings is 2. The van der Waals surface area contributed by atoms with Gasteiger partial charge in [0, 0.05) is 43.7 Å². The lowest BCUT2D eigenvalue weighted by Crippen LogP contribution is -2.44. The van der Waals surface area contributed by atoms with E-state index in [0.29, 0.717) is 18.8 Å². The standard InChI is InChI=1S/C25H32N2O5/c1-16-23(14-27-11-10-22(30)13-27)31-25(20-4-3-5-21(12-20)26-17(2)29)32-24(16)19-8-6-18(15-28)7-9-19/h3-9,12,16,22-25,28,30H,10-11,13-15H2,1-2H3,(H,26,29). The summed E-state index contributed by atoms with van der Waals surface area (Å²) in [4.78, 5) is 13.7. The number of aliphatic hydroxyl groups is 2. The van der Waals surface area contributed by atoms with Crippen molar-refractivity contribution in [1.82, 2.24) is 4.90 Å². The maximum Gasteiger partial charge on any atom is 0.221 e. The van der Waals surface area contributed by atoms with Crippen LogP contribution in [0.1, 0.15) is 49.4 Å². The molecule has 0 radical (unpaired) electrons. The first-order chi connectivity index (χ1) is 15.4. The Labute approximate surface area is 189 Å². The van der Waals surface area contributed by atoms with Crippen LogP contribution in [0.3, 0.4) is 0 Å². The predicted octanol–water partition coefficient (Wildman–Crippen LogP) is 3.00. The first-order valence-electron chi connectivity index (χ1n) is 11.2. The quantitative estimate of drug-likeness (QED) is 0.640. The van der Waals surface area contributed by atoms with Gasteiger partial charge in [-0.1, -0.05) is 43.3 Å². The van der Waals surface area contributed by atoms with Crippen molar-refractivity contribution in [2.24, 2.45) is 5.92 Å². The van der Waals surface area contributed by atoms with Crippen molar-refractivity contribution in [1.29, 1.82) is 0 Å². The Morgan fingerprint density at radius 2 is 1.94 bits per heavy atom. The van der Waals surface area contributed by atoms with Gasteiger partial charge in [0.2, 0.25) is 5.91 Å². The fourth-order valence-electron chi connectivity index (χ4n) is 4.53. The molecule has 0 bridgehead atoms. The fraction of sp³-hybridized carbons (Fsp3) is 0.480. The van der Waals surface area contributed by atoms with Gasteiger partial charge in [-0.15, -0.1) is 0 Å². The van der Waals surface area contributed by atoms with Gasteiger partial charge in [-0.2, -0.15) is 0 Å². The highest BCUT2D eigenvalue weighted by atomic mass is 16.7. The molecule has 2 fully saturated rings. The van der Waals surface area contributed by atoms with Crippen molar-refractivity contribution in [3.63, 3.8) is 0 Å². The summed E-state index contributed by atoms with van der Waals surface area (Å²) in [5.74, 6) is -0.0453. The molecule has 4 rings (SSSR count). The van der Waals surface area contributed by atoms with Crippen molar-refractivity contribution in [3.05, 3.63) is 65.2 Å². The van der Waals surface area contributed by atoms with Crippen LogP contribution >= 0.6 is 0 Å². The minimum absolute atomic E-state index is 0.00292. The summed E-state index contributed by atoms with van der Waals surface area (Å²) in [5, 5.41) is 22.1. The van der Waals surface area contributed by atoms with Crippen LogP contribution in [0.5, 0.6) is 0 Å². The third-order valence-corrected chi connectivity index (χ3v) is 6.29. The van der Waals surface area contributed by atoms with Crippen molar-refractivity contribution < 1.29 is 24.5 Å². The number of likely N-dealkylation sites (tertiary alicyclic amines) is 1. The van der Waals surface area contributed by atoms with Crippen LogP contribution in [-0.4, -0.2) is 52.9 Å². The molecule has 1 amide bonds. The van der Waals surface area contributed by atoms with Gasteiger partial charge >= 0.3 is 0 Å². The SMILES string of the molecule is CC(=O)Nc1cccc(C2OC(CN3CCC(O)C3)C(C)C(c3ccc(CO)cc3)O2)c1. The number of amides is 1. The first-order valence-corrected chi connectivity index (χ1v) is 11.2. The van der Waals surface area contributed by atoms with Gasteiger partial charge in [0.25, 0.3) is 0 Å². The second-order valence-electron chi connectivity index (χ2n) is 8.83. The summed E-state index contributed by atoms with van der Waals surface area (Å²) >= 11 is 0. The van der Waals surface area contributed by atoms with Gasteiger partial charge in [-0.25, -0.2) is 0 Å². The number of aliphatic hydroxyl groups excluding tert-OH is 2. The molecule has 32 heavy (non-hydrogen) atoms. The highest BCUT2D eigenvalue weighted by molar-refractivity contribution is 5.88. The van der Waals surface area contributed by atoms with E-state index in [1.165, 1.54) is 6.92 Å². The van der Waals surface area contributed by atoms with Crippen molar-refractivity contribution in [2.75, 3.05) is 25.0 Å². The summed E-state index contributed by atoms with van der Waals surface area (Å²) in [5.41, 5.74) is 3.43. The molecule has 2 heterocycles. The number of β-amino-alcohol motifs (C(OH)–C–C–N with tert-alkyl or cyclic N) is 1. The summed E-state index contributed by atoms with van der Waals surface area (Å²) in [7, 11) is 0. The molecule has 0 spiro atoms. The third-order valence-electron chi connectivity index (χ3n) is 6.29. The summed E-state index contributed by atoms with van der Waals surface area (Å²) < 4.78 is 12.9. The van der Waals surface area contributed by atoms with E-state index in [1.807, 2.05) is 48.5 Å². The van der Waals surface area contributed by atoms with Crippen molar-refractivity contribution in [2.45, 2.75) is 51.5 Å². The number of nitrogens with zero attached hydrogens (tertiary/aromatic N) is 1. The Morgan fingerprint density at radius 1 is 1.16 bits per heavy atom. The van der Waals surface area contributed by atoms with Gasteiger partial charge in [-0.3, -0.25) is 9.69 Å². The topological polar surface area (TPSA) is 91.3 Å². The van der Waals surface area contributed by atoms with Gasteiger partial charge in [0.05, 0.1) is 24.9 Å². The first kappa shape index (κ1) is 22.9. The molecule has 0 aromatic heterocycles. The minimum Gasteiger partial charge on any atom is -0.392 e. The Kier molecular flexibility index (Phi) is 7.23. The van der Waals surface area contributed by atoms with Gasteiger partial charge in [-0.05, 0) is 29.7 Å². The van der Waals surface area contributed by atoms with E-state index < -0.39 is 6.29 Å². The number of ether oxygens (including phenoxy) is 2. The number of hydrogen-bond donors (Lipinski definition) is 3. The van der Waals surface area contributed by atoms with Gasteiger partial charge < -0.3 is 25.0 Å². The van der Waals surface area contributed by atoms with Crippen LogP contribution in [-0.2, 0) is 20.9 Å². The second kappa shape index (κ2) is 10.1. The van der Waals surface area contributed by atoms with E-state index in [-0.39, 0.29) is 36.7 Å². The lowest BCUT2D eigenvalue weighted by molar-refractivity contribution is -0.276. The van der Waals surface area contributed by atoms with Crippen LogP contribution in [0.2, 0.25) is 0 Å². The molecule has 5 unspecified atom stereocenters. The largest absolute Gasteiger partial charge is 0.392 e. The maximum absolute atomic E-state index is 11.5. The van der Waals surface area contributed by atoms with E-state index in [9.17, 15) is 15.0 Å². The molecule has 2 aromatic rings. The van der Waals surface area contributed by atoms with Crippen LogP contribution < -0.4 is 5.32 Å². The maximum atomic E-state index is 11.5. The van der Waals surface area contributed by atoms with E-state index >= 15 is 0 Å². The van der Waals surface area contributed by atoms with E-state index in [4.69, 9.17) is 9.47 Å². The van der Waals surface area contributed by atoms with Gasteiger partial charge in [0.1, 0.15) is 0 Å². The molecule has 2 aliphatic rings. The Hall–Kier alpha value is -2.29. The second-order valence-corrected chi connectivity index (χ2v) is 8.83. The molecule has 2 aromatic carbocycles. The Balaban J connectivity index is 1.60. The number of rotatable bonds is 6. The molecule has 3 N–H and O–H groups in total. The van der Waals surface area contributed by atoms with Crippen LogP contribution in [0, 0.1) is 5.92 Å². The molecule has 7 nitrogen and oxygen atoms in total. The minimum atomic E-state index is -0.583. The van der Waals surface area contributed by atoms with Crippen LogP contribution in [0.25, 0.3) is 0 Å². The smallest absolute Gasteiger partial charge is 0.221 e. The van der Waals surface area contributed by atoms with Gasteiger partial charge in [0.15, 0.2) is 6.29 Å². The van der Waals surface area contributed by atoms with Crippen LogP contribution in [0.4, 0.5) is 5.69 Å². The van der Waals surface area contributed by atoms with Crippen molar-refractivity contribution >= 4 is 11.6 Å². The van der Waals surface area contributed by atoms with Crippen LogP contribution in [0.15, 0.2) is 48.5 Å². The summed E-state index contributed by atoms with van der Waals surface area (Å²) in [6, 6.07) is 15.4. The zero-order valence-electron chi connectivity index (χ0n) is 18.6.